The maximum Gasteiger partial charge on any atom is 0.0829 e. The van der Waals surface area contributed by atoms with Crippen LogP contribution in [0, 0.1) is 0 Å². The lowest BCUT2D eigenvalue weighted by Gasteiger charge is -1.98. The quantitative estimate of drug-likeness (QED) is 0.593. The van der Waals surface area contributed by atoms with Crippen LogP contribution in [0.25, 0.3) is 11.1 Å². The second-order valence-electron chi connectivity index (χ2n) is 3.96. The van der Waals surface area contributed by atoms with Gasteiger partial charge < -0.3 is 4.74 Å². The average Bonchev–Trinajstić information content (AvgIpc) is 2.79. The van der Waals surface area contributed by atoms with E-state index in [9.17, 15) is 0 Å². The van der Waals surface area contributed by atoms with E-state index in [0.29, 0.717) is 0 Å². The third kappa shape index (κ3) is 2.51. The molecule has 0 bridgehead atoms. The normalized spacial score (nSPS) is 10.4. The van der Waals surface area contributed by atoms with Gasteiger partial charge in [-0.25, -0.2) is 0 Å². The number of fused-ring (bicyclic) bond motifs is 3. The number of hydrogen-bond acceptors (Lipinski definition) is 1. The van der Waals surface area contributed by atoms with Crippen molar-refractivity contribution in [2.45, 2.75) is 6.42 Å². The van der Waals surface area contributed by atoms with Crippen molar-refractivity contribution in [3.63, 3.8) is 0 Å². The molecule has 0 fully saturated rings. The van der Waals surface area contributed by atoms with Crippen LogP contribution in [0.2, 0.25) is 0 Å². The SMILES string of the molecule is C=COC=C.c1ccc2c(c1)Cc1ccccc1-2. The first-order valence-electron chi connectivity index (χ1n) is 5.90. The van der Waals surface area contributed by atoms with Crippen molar-refractivity contribution in [2.75, 3.05) is 0 Å². The minimum atomic E-state index is 1.10. The van der Waals surface area contributed by atoms with Gasteiger partial charge in [0, 0.05) is 0 Å². The molecule has 90 valence electrons. The summed E-state index contributed by atoms with van der Waals surface area (Å²) >= 11 is 0. The highest BCUT2D eigenvalue weighted by molar-refractivity contribution is 5.76. The fraction of sp³-hybridized carbons (Fsp3) is 0.0588. The summed E-state index contributed by atoms with van der Waals surface area (Å²) in [7, 11) is 0. The summed E-state index contributed by atoms with van der Waals surface area (Å²) in [6, 6.07) is 17.3. The first kappa shape index (κ1) is 12.2. The molecule has 0 heterocycles. The van der Waals surface area contributed by atoms with Crippen molar-refractivity contribution >= 4 is 0 Å². The molecule has 18 heavy (non-hydrogen) atoms. The van der Waals surface area contributed by atoms with Gasteiger partial charge in [-0.3, -0.25) is 0 Å². The Morgan fingerprint density at radius 1 is 0.778 bits per heavy atom. The lowest BCUT2D eigenvalue weighted by atomic mass is 10.1. The van der Waals surface area contributed by atoms with E-state index in [4.69, 9.17) is 0 Å². The lowest BCUT2D eigenvalue weighted by molar-refractivity contribution is 0.406. The zero-order valence-corrected chi connectivity index (χ0v) is 10.3. The topological polar surface area (TPSA) is 9.23 Å². The Labute approximate surface area is 108 Å². The summed E-state index contributed by atoms with van der Waals surface area (Å²) in [6.07, 6.45) is 3.73. The van der Waals surface area contributed by atoms with Gasteiger partial charge >= 0.3 is 0 Å². The first-order chi connectivity index (χ1) is 8.86. The van der Waals surface area contributed by atoms with Crippen molar-refractivity contribution in [3.05, 3.63) is 85.3 Å². The maximum atomic E-state index is 4.36. The molecule has 0 radical (unpaired) electrons. The largest absolute Gasteiger partial charge is 0.474 e. The highest BCUT2D eigenvalue weighted by atomic mass is 16.5. The molecule has 0 saturated carbocycles. The summed E-state index contributed by atoms with van der Waals surface area (Å²) in [5.41, 5.74) is 5.75. The van der Waals surface area contributed by atoms with Crippen LogP contribution in [0.4, 0.5) is 0 Å². The molecule has 0 aromatic heterocycles. The monoisotopic (exact) mass is 236 g/mol. The van der Waals surface area contributed by atoms with Gasteiger partial charge in [-0.05, 0) is 28.7 Å². The van der Waals surface area contributed by atoms with Crippen molar-refractivity contribution in [3.8, 4) is 11.1 Å². The molecule has 1 nitrogen and oxygen atoms in total. The zero-order valence-electron chi connectivity index (χ0n) is 10.3. The van der Waals surface area contributed by atoms with E-state index in [1.165, 1.54) is 34.8 Å². The smallest absolute Gasteiger partial charge is 0.0829 e. The van der Waals surface area contributed by atoms with Gasteiger partial charge in [-0.1, -0.05) is 61.7 Å². The second kappa shape index (κ2) is 5.87. The number of benzene rings is 2. The first-order valence-corrected chi connectivity index (χ1v) is 5.90. The Morgan fingerprint density at radius 2 is 1.22 bits per heavy atom. The van der Waals surface area contributed by atoms with Crippen LogP contribution in [-0.4, -0.2) is 0 Å². The van der Waals surface area contributed by atoms with E-state index in [-0.39, 0.29) is 0 Å². The van der Waals surface area contributed by atoms with Crippen molar-refractivity contribution in [1.82, 2.24) is 0 Å². The third-order valence-electron chi connectivity index (χ3n) is 2.90. The van der Waals surface area contributed by atoms with E-state index < -0.39 is 0 Å². The number of rotatable bonds is 2. The van der Waals surface area contributed by atoms with Gasteiger partial charge in [0.2, 0.25) is 0 Å². The van der Waals surface area contributed by atoms with E-state index >= 15 is 0 Å². The van der Waals surface area contributed by atoms with Crippen molar-refractivity contribution in [2.24, 2.45) is 0 Å². The Morgan fingerprint density at radius 3 is 1.61 bits per heavy atom. The molecule has 0 aliphatic heterocycles. The Kier molecular flexibility index (Phi) is 3.98. The van der Waals surface area contributed by atoms with Gasteiger partial charge in [0.25, 0.3) is 0 Å². The average molecular weight is 236 g/mol. The fourth-order valence-electron chi connectivity index (χ4n) is 2.15. The summed E-state index contributed by atoms with van der Waals surface area (Å²) in [6.45, 7) is 6.51. The Hall–Kier alpha value is -2.28. The molecule has 1 aliphatic carbocycles. The summed E-state index contributed by atoms with van der Waals surface area (Å²) in [5.74, 6) is 0. The molecule has 1 aliphatic rings. The van der Waals surface area contributed by atoms with Crippen LogP contribution in [-0.2, 0) is 11.2 Å². The molecular weight excluding hydrogens is 220 g/mol. The Bertz CT molecular complexity index is 506. The van der Waals surface area contributed by atoms with Gasteiger partial charge in [-0.15, -0.1) is 0 Å². The number of hydrogen-bond donors (Lipinski definition) is 0. The van der Waals surface area contributed by atoms with Gasteiger partial charge in [0.05, 0.1) is 12.5 Å². The van der Waals surface area contributed by atoms with Gasteiger partial charge in [-0.2, -0.15) is 0 Å². The molecule has 3 rings (SSSR count). The van der Waals surface area contributed by atoms with Crippen molar-refractivity contribution in [1.29, 1.82) is 0 Å². The van der Waals surface area contributed by atoms with Crippen molar-refractivity contribution < 1.29 is 4.74 Å². The summed E-state index contributed by atoms with van der Waals surface area (Å²) in [5, 5.41) is 0. The Balaban J connectivity index is 0.000000209. The lowest BCUT2D eigenvalue weighted by Crippen LogP contribution is -1.77. The minimum absolute atomic E-state index is 1.10. The molecule has 0 unspecified atom stereocenters. The van der Waals surface area contributed by atoms with E-state index in [2.05, 4.69) is 66.4 Å². The summed E-state index contributed by atoms with van der Waals surface area (Å²) in [4.78, 5) is 0. The van der Waals surface area contributed by atoms with Crippen LogP contribution in [0.1, 0.15) is 11.1 Å². The second-order valence-corrected chi connectivity index (χ2v) is 3.96. The molecule has 0 atom stereocenters. The molecule has 2 aromatic rings. The molecule has 0 N–H and O–H groups in total. The third-order valence-corrected chi connectivity index (χ3v) is 2.90. The van der Waals surface area contributed by atoms with Crippen LogP contribution in [0.5, 0.6) is 0 Å². The maximum absolute atomic E-state index is 4.36. The van der Waals surface area contributed by atoms with Crippen LogP contribution in [0.15, 0.2) is 74.2 Å². The molecule has 0 spiro atoms. The standard InChI is InChI=1S/C13H10.C4H6O/c1-3-7-12-10(5-1)9-11-6-2-4-8-13(11)12;1-3-5-4-2/h1-8H,9H2;3-4H,1-2H2. The van der Waals surface area contributed by atoms with Gasteiger partial charge in [0.15, 0.2) is 0 Å². The molecule has 0 amide bonds. The minimum Gasteiger partial charge on any atom is -0.474 e. The summed E-state index contributed by atoms with van der Waals surface area (Å²) < 4.78 is 4.36. The molecule has 0 saturated heterocycles. The number of ether oxygens (including phenoxy) is 1. The predicted octanol–water partition coefficient (Wildman–Crippen LogP) is 4.55. The highest BCUT2D eigenvalue weighted by Crippen LogP contribution is 2.35. The van der Waals surface area contributed by atoms with E-state index in [1.54, 1.807) is 0 Å². The van der Waals surface area contributed by atoms with E-state index in [1.807, 2.05) is 0 Å². The van der Waals surface area contributed by atoms with Crippen LogP contribution >= 0.6 is 0 Å². The molecule has 2 aromatic carbocycles. The van der Waals surface area contributed by atoms with Gasteiger partial charge in [0.1, 0.15) is 0 Å². The fourth-order valence-corrected chi connectivity index (χ4v) is 2.15. The van der Waals surface area contributed by atoms with Crippen LogP contribution < -0.4 is 0 Å². The van der Waals surface area contributed by atoms with Crippen LogP contribution in [0.3, 0.4) is 0 Å². The molecule has 1 heteroatoms. The van der Waals surface area contributed by atoms with E-state index in [0.717, 1.165) is 6.42 Å². The predicted molar refractivity (Wildman–Crippen MR) is 76.2 cm³/mol. The zero-order chi connectivity index (χ0) is 12.8. The molecular formula is C17H16O. The highest BCUT2D eigenvalue weighted by Gasteiger charge is 2.15.